The van der Waals surface area contributed by atoms with Crippen molar-refractivity contribution in [3.63, 3.8) is 0 Å². The second-order valence-electron chi connectivity index (χ2n) is 5.68. The first-order valence-electron chi connectivity index (χ1n) is 6.81. The van der Waals surface area contributed by atoms with E-state index in [-0.39, 0.29) is 30.4 Å². The van der Waals surface area contributed by atoms with Gasteiger partial charge in [-0.25, -0.2) is 12.8 Å². The molecule has 1 aromatic carbocycles. The predicted octanol–water partition coefficient (Wildman–Crippen LogP) is 0.732. The Morgan fingerprint density at radius 1 is 1.48 bits per heavy atom. The zero-order chi connectivity index (χ0) is 15.5. The number of ether oxygens (including phenoxy) is 1. The fourth-order valence-electron chi connectivity index (χ4n) is 2.32. The summed E-state index contributed by atoms with van der Waals surface area (Å²) in [5.74, 6) is -0.156. The van der Waals surface area contributed by atoms with E-state index in [1.807, 2.05) is 6.92 Å². The lowest BCUT2D eigenvalue weighted by Crippen LogP contribution is -2.47. The fraction of sp³-hybridized carbons (Fsp3) is 0.571. The largest absolute Gasteiger partial charge is 0.488 e. The van der Waals surface area contributed by atoms with Crippen molar-refractivity contribution in [1.82, 2.24) is 5.32 Å². The average Bonchev–Trinajstić information content (AvgIpc) is 2.70. The van der Waals surface area contributed by atoms with Gasteiger partial charge in [-0.2, -0.15) is 0 Å². The molecule has 2 N–H and O–H groups in total. The molecule has 0 saturated carbocycles. The molecule has 2 atom stereocenters. The average molecular weight is 317 g/mol. The summed E-state index contributed by atoms with van der Waals surface area (Å²) in [6, 6.07) is 5.97. The fourth-order valence-corrected chi connectivity index (χ4v) is 4.44. The number of rotatable bonds is 6. The second-order valence-corrected chi connectivity index (χ2v) is 7.86. The molecule has 118 valence electrons. The summed E-state index contributed by atoms with van der Waals surface area (Å²) >= 11 is 0. The van der Waals surface area contributed by atoms with E-state index >= 15 is 0 Å². The number of sulfone groups is 1. The molecule has 7 heteroatoms. The van der Waals surface area contributed by atoms with Crippen LogP contribution in [0.5, 0.6) is 5.75 Å². The minimum absolute atomic E-state index is 0.0588. The van der Waals surface area contributed by atoms with Crippen LogP contribution in [0.25, 0.3) is 0 Å². The van der Waals surface area contributed by atoms with Crippen LogP contribution in [0, 0.1) is 5.82 Å². The smallest absolute Gasteiger partial charge is 0.165 e. The van der Waals surface area contributed by atoms with Gasteiger partial charge >= 0.3 is 0 Å². The summed E-state index contributed by atoms with van der Waals surface area (Å²) in [4.78, 5) is 0. The lowest BCUT2D eigenvalue weighted by molar-refractivity contribution is 0.0973. The first kappa shape index (κ1) is 16.2. The van der Waals surface area contributed by atoms with Crippen LogP contribution in [0.1, 0.15) is 13.3 Å². The number of aliphatic hydroxyl groups is 1. The lowest BCUT2D eigenvalue weighted by Gasteiger charge is -2.25. The van der Waals surface area contributed by atoms with E-state index in [1.165, 1.54) is 12.1 Å². The Labute approximate surface area is 124 Å². The Bertz CT molecular complexity index is 592. The van der Waals surface area contributed by atoms with Gasteiger partial charge in [-0.1, -0.05) is 12.1 Å². The Morgan fingerprint density at radius 3 is 2.81 bits per heavy atom. The van der Waals surface area contributed by atoms with Crippen LogP contribution in [-0.4, -0.2) is 49.8 Å². The number of benzene rings is 1. The monoisotopic (exact) mass is 317 g/mol. The van der Waals surface area contributed by atoms with Gasteiger partial charge in [0.1, 0.15) is 12.7 Å². The number of hydrogen-bond donors (Lipinski definition) is 2. The third-order valence-electron chi connectivity index (χ3n) is 3.54. The predicted molar refractivity (Wildman–Crippen MR) is 77.6 cm³/mol. The summed E-state index contributed by atoms with van der Waals surface area (Å²) in [5, 5.41) is 12.9. The van der Waals surface area contributed by atoms with E-state index < -0.39 is 27.3 Å². The van der Waals surface area contributed by atoms with Crippen LogP contribution in [0.15, 0.2) is 24.3 Å². The molecule has 1 heterocycles. The molecule has 0 amide bonds. The number of hydrogen-bond acceptors (Lipinski definition) is 5. The van der Waals surface area contributed by atoms with Crippen molar-refractivity contribution in [3.05, 3.63) is 30.1 Å². The maximum absolute atomic E-state index is 13.3. The summed E-state index contributed by atoms with van der Waals surface area (Å²) in [7, 11) is -2.99. The van der Waals surface area contributed by atoms with Crippen molar-refractivity contribution >= 4 is 9.84 Å². The zero-order valence-corrected chi connectivity index (χ0v) is 12.7. The van der Waals surface area contributed by atoms with Crippen LogP contribution < -0.4 is 10.1 Å². The van der Waals surface area contributed by atoms with Gasteiger partial charge in [0, 0.05) is 12.1 Å². The molecule has 1 aliphatic rings. The van der Waals surface area contributed by atoms with Crippen LogP contribution in [0.2, 0.25) is 0 Å². The van der Waals surface area contributed by atoms with Crippen molar-refractivity contribution in [3.8, 4) is 5.75 Å². The minimum Gasteiger partial charge on any atom is -0.488 e. The Hall–Kier alpha value is -1.18. The molecular formula is C14H20FNO4S. The van der Waals surface area contributed by atoms with Crippen LogP contribution >= 0.6 is 0 Å². The van der Waals surface area contributed by atoms with Gasteiger partial charge in [0.15, 0.2) is 21.4 Å². The normalized spacial score (nSPS) is 25.7. The molecule has 1 fully saturated rings. The molecule has 0 aliphatic carbocycles. The molecule has 2 rings (SSSR count). The van der Waals surface area contributed by atoms with E-state index in [2.05, 4.69) is 5.32 Å². The van der Waals surface area contributed by atoms with Gasteiger partial charge in [-0.15, -0.1) is 0 Å². The van der Waals surface area contributed by atoms with Crippen LogP contribution in [-0.2, 0) is 9.84 Å². The number of halogens is 1. The zero-order valence-electron chi connectivity index (χ0n) is 11.9. The highest BCUT2D eigenvalue weighted by Crippen LogP contribution is 2.22. The summed E-state index contributed by atoms with van der Waals surface area (Å²) in [6.07, 6.45) is -0.319. The summed E-state index contributed by atoms with van der Waals surface area (Å²) < 4.78 is 41.5. The van der Waals surface area contributed by atoms with Crippen molar-refractivity contribution in [1.29, 1.82) is 0 Å². The van der Waals surface area contributed by atoms with Crippen molar-refractivity contribution in [2.24, 2.45) is 0 Å². The molecule has 2 unspecified atom stereocenters. The molecule has 5 nitrogen and oxygen atoms in total. The van der Waals surface area contributed by atoms with E-state index in [0.717, 1.165) is 0 Å². The van der Waals surface area contributed by atoms with E-state index in [9.17, 15) is 17.9 Å². The van der Waals surface area contributed by atoms with Gasteiger partial charge in [0.2, 0.25) is 0 Å². The maximum atomic E-state index is 13.3. The highest BCUT2D eigenvalue weighted by atomic mass is 32.2. The van der Waals surface area contributed by atoms with Gasteiger partial charge < -0.3 is 15.2 Å². The van der Waals surface area contributed by atoms with Crippen molar-refractivity contribution in [2.45, 2.75) is 25.0 Å². The Kier molecular flexibility index (Phi) is 4.85. The summed E-state index contributed by atoms with van der Waals surface area (Å²) in [5.41, 5.74) is -0.516. The minimum atomic E-state index is -2.99. The standard InChI is InChI=1S/C14H20FNO4S/c1-14(6-7-21(18,19)10-14)16-8-11(17)9-20-13-5-3-2-4-12(13)15/h2-5,11,16-17H,6-10H2,1H3. The van der Waals surface area contributed by atoms with Crippen LogP contribution in [0.3, 0.4) is 0 Å². The van der Waals surface area contributed by atoms with Crippen molar-refractivity contribution in [2.75, 3.05) is 24.7 Å². The molecule has 1 aliphatic heterocycles. The van der Waals surface area contributed by atoms with E-state index in [4.69, 9.17) is 4.74 Å². The highest BCUT2D eigenvalue weighted by Gasteiger charge is 2.38. The van der Waals surface area contributed by atoms with Gasteiger partial charge in [0.05, 0.1) is 11.5 Å². The molecule has 21 heavy (non-hydrogen) atoms. The quantitative estimate of drug-likeness (QED) is 0.809. The first-order valence-corrected chi connectivity index (χ1v) is 8.63. The SMILES string of the molecule is CC1(NCC(O)COc2ccccc2F)CCS(=O)(=O)C1. The summed E-state index contributed by atoms with van der Waals surface area (Å²) in [6.45, 7) is 1.96. The number of para-hydroxylation sites is 1. The van der Waals surface area contributed by atoms with Gasteiger partial charge in [-0.3, -0.25) is 0 Å². The molecule has 0 aromatic heterocycles. The van der Waals surface area contributed by atoms with Gasteiger partial charge in [-0.05, 0) is 25.5 Å². The molecule has 0 radical (unpaired) electrons. The molecular weight excluding hydrogens is 297 g/mol. The lowest BCUT2D eigenvalue weighted by atomic mass is 10.0. The third-order valence-corrected chi connectivity index (χ3v) is 5.44. The Balaban J connectivity index is 1.78. The molecule has 0 spiro atoms. The van der Waals surface area contributed by atoms with E-state index in [0.29, 0.717) is 6.42 Å². The second kappa shape index (κ2) is 6.29. The molecule has 1 saturated heterocycles. The highest BCUT2D eigenvalue weighted by molar-refractivity contribution is 7.91. The molecule has 0 bridgehead atoms. The van der Waals surface area contributed by atoms with Gasteiger partial charge in [0.25, 0.3) is 0 Å². The van der Waals surface area contributed by atoms with Crippen LogP contribution in [0.4, 0.5) is 4.39 Å². The number of aliphatic hydroxyl groups excluding tert-OH is 1. The molecule has 1 aromatic rings. The maximum Gasteiger partial charge on any atom is 0.165 e. The Morgan fingerprint density at radius 2 is 2.19 bits per heavy atom. The number of nitrogens with one attached hydrogen (secondary N) is 1. The topological polar surface area (TPSA) is 75.6 Å². The first-order chi connectivity index (χ1) is 9.80. The van der Waals surface area contributed by atoms with E-state index in [1.54, 1.807) is 12.1 Å². The third kappa shape index (κ3) is 4.66. The number of β-amino-alcohol motifs (C(OH)–C–C–N with tert-alkyl or cyclic N) is 1. The van der Waals surface area contributed by atoms with Crippen molar-refractivity contribution < 1.29 is 22.7 Å².